The Balaban J connectivity index is 1.58. The summed E-state index contributed by atoms with van der Waals surface area (Å²) in [5, 5.41) is 20.4. The van der Waals surface area contributed by atoms with Crippen LogP contribution in [0.15, 0.2) is 47.4 Å². The molecule has 2 aromatic rings. The molecule has 2 unspecified atom stereocenters. The summed E-state index contributed by atoms with van der Waals surface area (Å²) in [7, 11) is -4.68. The molecule has 2 aliphatic heterocycles. The van der Waals surface area contributed by atoms with Gasteiger partial charge in [0, 0.05) is 30.1 Å². The fourth-order valence-electron chi connectivity index (χ4n) is 6.79. The van der Waals surface area contributed by atoms with Crippen LogP contribution < -0.4 is 4.74 Å². The summed E-state index contributed by atoms with van der Waals surface area (Å²) in [6.07, 6.45) is -13.7. The van der Waals surface area contributed by atoms with Gasteiger partial charge in [-0.1, -0.05) is 12.1 Å². The third kappa shape index (κ3) is 5.09. The number of benzene rings is 2. The van der Waals surface area contributed by atoms with Crippen molar-refractivity contribution in [1.29, 1.82) is 0 Å². The van der Waals surface area contributed by atoms with E-state index in [1.165, 1.54) is 0 Å². The second-order valence-electron chi connectivity index (χ2n) is 11.9. The maximum Gasteiger partial charge on any atom is 0.435 e. The number of halogens is 8. The number of aliphatic hydroxyl groups is 1. The van der Waals surface area contributed by atoms with Crippen molar-refractivity contribution in [2.24, 2.45) is 11.8 Å². The lowest BCUT2D eigenvalue weighted by Crippen LogP contribution is -2.62. The van der Waals surface area contributed by atoms with Gasteiger partial charge in [0.05, 0.1) is 17.4 Å². The standard InChI is InChI=1S/C29H27F8NO7S/c30-19-2-4-20(5-3-19)46(43,44)26-11-12-38(24(41)25(42)9-7-16(8-10-25)23(39)40)14-18(26)15-45-22-13-17(1-6-21(22)26)27(31,28(32,33)34)29(35,36)37/h1-6,13,16,18,42H,7-12,14-15H2,(H,39,40). The van der Waals surface area contributed by atoms with E-state index in [0.717, 1.165) is 29.2 Å². The fraction of sp³-hybridized carbons (Fsp3) is 0.517. The van der Waals surface area contributed by atoms with Crippen LogP contribution in [0.2, 0.25) is 0 Å². The first-order chi connectivity index (χ1) is 21.2. The number of carbonyl (C=O) groups excluding carboxylic acids is 1. The highest BCUT2D eigenvalue weighted by Gasteiger charge is 2.74. The number of carbonyl (C=O) groups is 2. The molecular weight excluding hydrogens is 658 g/mol. The van der Waals surface area contributed by atoms with Crippen LogP contribution in [0.25, 0.3) is 0 Å². The molecule has 17 heteroatoms. The third-order valence-corrected chi connectivity index (χ3v) is 12.0. The first kappa shape index (κ1) is 33.9. The second kappa shape index (κ2) is 11.1. The van der Waals surface area contributed by atoms with Crippen LogP contribution >= 0.6 is 0 Å². The Labute approximate surface area is 256 Å². The summed E-state index contributed by atoms with van der Waals surface area (Å²) in [4.78, 5) is 25.6. The van der Waals surface area contributed by atoms with E-state index in [4.69, 9.17) is 4.74 Å². The average Bonchev–Trinajstić information content (AvgIpc) is 2.98. The molecule has 2 heterocycles. The fourth-order valence-corrected chi connectivity index (χ4v) is 9.11. The highest BCUT2D eigenvalue weighted by molar-refractivity contribution is 7.92. The van der Waals surface area contributed by atoms with Gasteiger partial charge in [-0.2, -0.15) is 26.3 Å². The Kier molecular flexibility index (Phi) is 8.15. The van der Waals surface area contributed by atoms with Gasteiger partial charge in [-0.05, 0) is 62.4 Å². The van der Waals surface area contributed by atoms with Gasteiger partial charge >= 0.3 is 24.0 Å². The molecule has 2 atom stereocenters. The van der Waals surface area contributed by atoms with Crippen molar-refractivity contribution in [1.82, 2.24) is 4.90 Å². The molecule has 1 saturated carbocycles. The summed E-state index contributed by atoms with van der Waals surface area (Å²) < 4.78 is 142. The minimum atomic E-state index is -6.44. The zero-order valence-electron chi connectivity index (χ0n) is 23.7. The van der Waals surface area contributed by atoms with Crippen LogP contribution in [-0.4, -0.2) is 73.1 Å². The number of fused-ring (bicyclic) bond motifs is 3. The Bertz CT molecular complexity index is 1620. The second-order valence-corrected chi connectivity index (χ2v) is 14.1. The predicted molar refractivity (Wildman–Crippen MR) is 141 cm³/mol. The molecule has 2 aromatic carbocycles. The molecule has 1 aliphatic carbocycles. The molecule has 46 heavy (non-hydrogen) atoms. The number of hydrogen-bond acceptors (Lipinski definition) is 6. The van der Waals surface area contributed by atoms with Gasteiger partial charge in [0.15, 0.2) is 9.84 Å². The van der Waals surface area contributed by atoms with Crippen LogP contribution in [0.5, 0.6) is 5.75 Å². The van der Waals surface area contributed by atoms with E-state index in [0.29, 0.717) is 6.07 Å². The molecule has 0 spiro atoms. The Morgan fingerprint density at radius 3 is 2.04 bits per heavy atom. The van der Waals surface area contributed by atoms with Gasteiger partial charge in [0.2, 0.25) is 0 Å². The maximum absolute atomic E-state index is 14.9. The van der Waals surface area contributed by atoms with Crippen LogP contribution in [0, 0.1) is 17.7 Å². The van der Waals surface area contributed by atoms with Crippen molar-refractivity contribution in [3.05, 3.63) is 59.4 Å². The zero-order valence-corrected chi connectivity index (χ0v) is 24.5. The monoisotopic (exact) mass is 685 g/mol. The molecule has 0 radical (unpaired) electrons. The predicted octanol–water partition coefficient (Wildman–Crippen LogP) is 5.03. The third-order valence-electron chi connectivity index (χ3n) is 9.36. The number of carboxylic acids is 1. The zero-order chi connectivity index (χ0) is 34.1. The lowest BCUT2D eigenvalue weighted by atomic mass is 9.75. The van der Waals surface area contributed by atoms with E-state index in [1.807, 2.05) is 0 Å². The largest absolute Gasteiger partial charge is 0.493 e. The minimum absolute atomic E-state index is 0.00244. The number of sulfone groups is 1. The van der Waals surface area contributed by atoms with Gasteiger partial charge in [-0.3, -0.25) is 9.59 Å². The van der Waals surface area contributed by atoms with E-state index in [2.05, 4.69) is 0 Å². The molecule has 5 rings (SSSR count). The van der Waals surface area contributed by atoms with E-state index < -0.39 is 104 Å². The molecule has 0 aromatic heterocycles. The number of hydrogen-bond donors (Lipinski definition) is 2. The van der Waals surface area contributed by atoms with Crippen LogP contribution in [0.4, 0.5) is 35.1 Å². The minimum Gasteiger partial charge on any atom is -0.493 e. The smallest absolute Gasteiger partial charge is 0.435 e. The highest BCUT2D eigenvalue weighted by Crippen LogP contribution is 2.57. The SMILES string of the molecule is O=C(O)C1CCC(O)(C(=O)N2CCC3(S(=O)(=O)c4ccc(F)cc4)c4ccc(C(F)(C(F)(F)F)C(F)(F)F)cc4OCC3C2)CC1. The maximum atomic E-state index is 14.9. The lowest BCUT2D eigenvalue weighted by Gasteiger charge is -2.51. The van der Waals surface area contributed by atoms with Crippen LogP contribution in [0.3, 0.4) is 0 Å². The van der Waals surface area contributed by atoms with Gasteiger partial charge in [-0.25, -0.2) is 17.2 Å². The van der Waals surface area contributed by atoms with Gasteiger partial charge in [0.25, 0.3) is 5.91 Å². The molecule has 8 nitrogen and oxygen atoms in total. The molecule has 2 N–H and O–H groups in total. The number of carboxylic acid groups (broad SMARTS) is 1. The molecule has 1 amide bonds. The quantitative estimate of drug-likeness (QED) is 0.335. The number of ether oxygens (including phenoxy) is 1. The number of amides is 1. The summed E-state index contributed by atoms with van der Waals surface area (Å²) in [5.41, 5.74) is -10.0. The molecular formula is C29H27F8NO7S. The normalized spacial score (nSPS) is 27.3. The average molecular weight is 686 g/mol. The number of likely N-dealkylation sites (tertiary alicyclic amines) is 1. The summed E-state index contributed by atoms with van der Waals surface area (Å²) >= 11 is 0. The first-order valence-electron chi connectivity index (χ1n) is 14.0. The lowest BCUT2D eigenvalue weighted by molar-refractivity contribution is -0.348. The van der Waals surface area contributed by atoms with Gasteiger partial charge in [0.1, 0.15) is 21.9 Å². The van der Waals surface area contributed by atoms with Crippen molar-refractivity contribution in [2.45, 2.75) is 65.4 Å². The summed E-state index contributed by atoms with van der Waals surface area (Å²) in [6.45, 7) is -1.42. The summed E-state index contributed by atoms with van der Waals surface area (Å²) in [6, 6.07) is 4.52. The van der Waals surface area contributed by atoms with E-state index in [-0.39, 0.29) is 49.9 Å². The number of piperidine rings is 1. The Morgan fingerprint density at radius 1 is 0.913 bits per heavy atom. The number of nitrogens with zero attached hydrogens (tertiary/aromatic N) is 1. The Morgan fingerprint density at radius 2 is 1.50 bits per heavy atom. The van der Waals surface area contributed by atoms with E-state index in [9.17, 15) is 63.3 Å². The van der Waals surface area contributed by atoms with Crippen LogP contribution in [0.1, 0.15) is 43.2 Å². The van der Waals surface area contributed by atoms with E-state index in [1.54, 1.807) is 0 Å². The van der Waals surface area contributed by atoms with Gasteiger partial charge in [-0.15, -0.1) is 0 Å². The van der Waals surface area contributed by atoms with Crippen LogP contribution in [-0.2, 0) is 29.8 Å². The number of aliphatic carboxylic acids is 1. The highest BCUT2D eigenvalue weighted by atomic mass is 32.2. The van der Waals surface area contributed by atoms with Crippen molar-refractivity contribution in [3.8, 4) is 5.75 Å². The number of rotatable bonds is 5. The van der Waals surface area contributed by atoms with E-state index >= 15 is 0 Å². The first-order valence-corrected chi connectivity index (χ1v) is 15.5. The molecule has 252 valence electrons. The Hall–Kier alpha value is -3.47. The number of alkyl halides is 7. The summed E-state index contributed by atoms with van der Waals surface area (Å²) in [5.74, 6) is -5.41. The van der Waals surface area contributed by atoms with Crippen molar-refractivity contribution < 1.29 is 68.1 Å². The van der Waals surface area contributed by atoms with Crippen molar-refractivity contribution >= 4 is 21.7 Å². The topological polar surface area (TPSA) is 121 Å². The molecule has 3 aliphatic rings. The molecule has 2 fully saturated rings. The van der Waals surface area contributed by atoms with Crippen molar-refractivity contribution in [2.75, 3.05) is 19.7 Å². The van der Waals surface area contributed by atoms with Gasteiger partial charge < -0.3 is 19.8 Å². The molecule has 1 saturated heterocycles. The molecule has 0 bridgehead atoms. The van der Waals surface area contributed by atoms with Crippen molar-refractivity contribution in [3.63, 3.8) is 0 Å².